The molecule has 0 aromatic heterocycles. The Labute approximate surface area is 196 Å². The SMILES string of the molecule is Nc1cc([N+](=O)[O-])ccc1C(O)C(O)CCNC(=O)OCC1c2ccccc2-c2ccccc21. The van der Waals surface area contributed by atoms with Crippen molar-refractivity contribution in [3.8, 4) is 11.1 Å². The second-order valence-corrected chi connectivity index (χ2v) is 8.12. The fraction of sp³-hybridized carbons (Fsp3) is 0.240. The molecule has 1 amide bonds. The molecule has 5 N–H and O–H groups in total. The highest BCUT2D eigenvalue weighted by Crippen LogP contribution is 2.44. The van der Waals surface area contributed by atoms with Crippen LogP contribution in [-0.4, -0.2) is 40.5 Å². The number of aliphatic hydroxyl groups is 2. The minimum atomic E-state index is -1.36. The number of non-ortho nitro benzene ring substituents is 1. The van der Waals surface area contributed by atoms with Crippen LogP contribution in [0.15, 0.2) is 66.7 Å². The topological polar surface area (TPSA) is 148 Å². The molecule has 0 saturated heterocycles. The van der Waals surface area contributed by atoms with Crippen LogP contribution in [0.1, 0.15) is 35.1 Å². The molecule has 0 aliphatic heterocycles. The Bertz CT molecular complexity index is 1170. The molecule has 2 unspecified atom stereocenters. The summed E-state index contributed by atoms with van der Waals surface area (Å²) in [5, 5.41) is 34.0. The standard InChI is InChI=1S/C25H25N3O6/c26-22-13-15(28(32)33)9-10-20(22)24(30)23(29)11-12-27-25(31)34-14-21-18-7-3-1-5-16(18)17-6-2-4-8-19(17)21/h1-10,13,21,23-24,29-30H,11-12,14,26H2,(H,27,31). The number of fused-ring (bicyclic) bond motifs is 3. The monoisotopic (exact) mass is 463 g/mol. The summed E-state index contributed by atoms with van der Waals surface area (Å²) in [4.78, 5) is 22.5. The summed E-state index contributed by atoms with van der Waals surface area (Å²) in [7, 11) is 0. The smallest absolute Gasteiger partial charge is 0.407 e. The van der Waals surface area contributed by atoms with Crippen molar-refractivity contribution < 1.29 is 24.7 Å². The molecule has 9 nitrogen and oxygen atoms in total. The van der Waals surface area contributed by atoms with E-state index in [0.29, 0.717) is 0 Å². The number of nitro groups is 1. The van der Waals surface area contributed by atoms with Crippen molar-refractivity contribution in [2.45, 2.75) is 24.5 Å². The van der Waals surface area contributed by atoms with Gasteiger partial charge in [0, 0.05) is 35.8 Å². The number of nitrogens with two attached hydrogens (primary N) is 1. The average molecular weight is 463 g/mol. The second-order valence-electron chi connectivity index (χ2n) is 8.12. The highest BCUT2D eigenvalue weighted by molar-refractivity contribution is 5.79. The van der Waals surface area contributed by atoms with Crippen molar-refractivity contribution in [3.63, 3.8) is 0 Å². The lowest BCUT2D eigenvalue weighted by Crippen LogP contribution is -2.30. The molecule has 34 heavy (non-hydrogen) atoms. The number of alkyl carbamates (subject to hydrolysis) is 1. The Balaban J connectivity index is 1.28. The zero-order valence-electron chi connectivity index (χ0n) is 18.3. The summed E-state index contributed by atoms with van der Waals surface area (Å²) in [5.41, 5.74) is 10.2. The molecule has 176 valence electrons. The second kappa shape index (κ2) is 9.90. The molecule has 9 heteroatoms. The Morgan fingerprint density at radius 1 is 1.06 bits per heavy atom. The number of benzene rings is 3. The molecular formula is C25H25N3O6. The number of anilines is 1. The minimum Gasteiger partial charge on any atom is -0.449 e. The third-order valence-electron chi connectivity index (χ3n) is 6.02. The normalized spacial score (nSPS) is 14.1. The highest BCUT2D eigenvalue weighted by Gasteiger charge is 2.29. The van der Waals surface area contributed by atoms with Gasteiger partial charge in [-0.25, -0.2) is 4.79 Å². The third kappa shape index (κ3) is 4.70. The maximum atomic E-state index is 12.2. The van der Waals surface area contributed by atoms with E-state index in [0.717, 1.165) is 28.3 Å². The Morgan fingerprint density at radius 2 is 1.68 bits per heavy atom. The van der Waals surface area contributed by atoms with Crippen molar-refractivity contribution >= 4 is 17.5 Å². The fourth-order valence-corrected chi connectivity index (χ4v) is 4.28. The number of carbonyl (C=O) groups is 1. The van der Waals surface area contributed by atoms with E-state index in [9.17, 15) is 25.1 Å². The summed E-state index contributed by atoms with van der Waals surface area (Å²) in [6.07, 6.45) is -3.19. The molecular weight excluding hydrogens is 438 g/mol. The number of nitrogens with zero attached hydrogens (tertiary/aromatic N) is 1. The molecule has 1 aliphatic carbocycles. The van der Waals surface area contributed by atoms with E-state index in [1.807, 2.05) is 36.4 Å². The lowest BCUT2D eigenvalue weighted by molar-refractivity contribution is -0.384. The first-order valence-electron chi connectivity index (χ1n) is 10.9. The number of rotatable bonds is 8. The van der Waals surface area contributed by atoms with Crippen molar-refractivity contribution in [2.75, 3.05) is 18.9 Å². The Kier molecular flexibility index (Phi) is 6.76. The van der Waals surface area contributed by atoms with E-state index < -0.39 is 23.2 Å². The van der Waals surface area contributed by atoms with Crippen LogP contribution < -0.4 is 11.1 Å². The van der Waals surface area contributed by atoms with Gasteiger partial charge in [0.1, 0.15) is 12.7 Å². The number of hydrogen-bond donors (Lipinski definition) is 4. The summed E-state index contributed by atoms with van der Waals surface area (Å²) in [5.74, 6) is -0.0596. The molecule has 0 spiro atoms. The molecule has 1 aliphatic rings. The lowest BCUT2D eigenvalue weighted by atomic mass is 9.98. The Hall–Kier alpha value is -3.95. The molecule has 0 heterocycles. The largest absolute Gasteiger partial charge is 0.449 e. The van der Waals surface area contributed by atoms with Crippen LogP contribution in [0.2, 0.25) is 0 Å². The van der Waals surface area contributed by atoms with Crippen molar-refractivity contribution in [1.82, 2.24) is 5.32 Å². The van der Waals surface area contributed by atoms with Crippen LogP contribution in [0.3, 0.4) is 0 Å². The zero-order valence-corrected chi connectivity index (χ0v) is 18.3. The lowest BCUT2D eigenvalue weighted by Gasteiger charge is -2.20. The first-order chi connectivity index (χ1) is 16.4. The van der Waals surface area contributed by atoms with Gasteiger partial charge in [-0.05, 0) is 34.7 Å². The van der Waals surface area contributed by atoms with E-state index in [-0.39, 0.29) is 42.4 Å². The predicted octanol–water partition coefficient (Wildman–Crippen LogP) is 3.50. The van der Waals surface area contributed by atoms with Gasteiger partial charge in [-0.1, -0.05) is 48.5 Å². The van der Waals surface area contributed by atoms with Crippen LogP contribution in [-0.2, 0) is 4.74 Å². The van der Waals surface area contributed by atoms with Gasteiger partial charge < -0.3 is 26.0 Å². The summed E-state index contributed by atoms with van der Waals surface area (Å²) >= 11 is 0. The van der Waals surface area contributed by atoms with Gasteiger partial charge >= 0.3 is 6.09 Å². The van der Waals surface area contributed by atoms with Gasteiger partial charge in [-0.15, -0.1) is 0 Å². The summed E-state index contributed by atoms with van der Waals surface area (Å²) in [6.45, 7) is 0.228. The molecule has 2 atom stereocenters. The van der Waals surface area contributed by atoms with Gasteiger partial charge in [-0.3, -0.25) is 10.1 Å². The molecule has 0 fully saturated rings. The van der Waals surface area contributed by atoms with E-state index in [4.69, 9.17) is 10.5 Å². The number of nitrogen functional groups attached to an aromatic ring is 1. The van der Waals surface area contributed by atoms with Crippen LogP contribution in [0.5, 0.6) is 0 Å². The maximum absolute atomic E-state index is 12.2. The van der Waals surface area contributed by atoms with Crippen molar-refractivity contribution in [3.05, 3.63) is 93.5 Å². The van der Waals surface area contributed by atoms with Gasteiger partial charge in [0.05, 0.1) is 11.0 Å². The molecule has 4 rings (SSSR count). The quantitative estimate of drug-likeness (QED) is 0.227. The Morgan fingerprint density at radius 3 is 2.26 bits per heavy atom. The van der Waals surface area contributed by atoms with Gasteiger partial charge in [0.25, 0.3) is 5.69 Å². The average Bonchev–Trinajstić information content (AvgIpc) is 3.16. The van der Waals surface area contributed by atoms with E-state index in [1.54, 1.807) is 0 Å². The first-order valence-corrected chi connectivity index (χ1v) is 10.9. The van der Waals surface area contributed by atoms with Crippen LogP contribution >= 0.6 is 0 Å². The van der Waals surface area contributed by atoms with Crippen LogP contribution in [0, 0.1) is 10.1 Å². The number of nitrogens with one attached hydrogen (secondary N) is 1. The van der Waals surface area contributed by atoms with Gasteiger partial charge in [-0.2, -0.15) is 0 Å². The van der Waals surface area contributed by atoms with E-state index >= 15 is 0 Å². The maximum Gasteiger partial charge on any atom is 0.407 e. The molecule has 0 saturated carbocycles. The number of hydrogen-bond acceptors (Lipinski definition) is 7. The number of ether oxygens (including phenoxy) is 1. The molecule has 0 bridgehead atoms. The minimum absolute atomic E-state index is 0.00486. The fourth-order valence-electron chi connectivity index (χ4n) is 4.28. The van der Waals surface area contributed by atoms with E-state index in [2.05, 4.69) is 17.4 Å². The summed E-state index contributed by atoms with van der Waals surface area (Å²) < 4.78 is 5.44. The molecule has 0 radical (unpaired) electrons. The number of carbonyl (C=O) groups excluding carboxylic acids is 1. The van der Waals surface area contributed by atoms with Crippen LogP contribution in [0.4, 0.5) is 16.2 Å². The van der Waals surface area contributed by atoms with Gasteiger partial charge in [0.15, 0.2) is 0 Å². The van der Waals surface area contributed by atoms with E-state index in [1.165, 1.54) is 12.1 Å². The van der Waals surface area contributed by atoms with Gasteiger partial charge in [0.2, 0.25) is 0 Å². The van der Waals surface area contributed by atoms with Crippen molar-refractivity contribution in [2.24, 2.45) is 0 Å². The first kappa shape index (κ1) is 23.2. The highest BCUT2D eigenvalue weighted by atomic mass is 16.6. The summed E-state index contributed by atoms with van der Waals surface area (Å²) in [6, 6.07) is 19.7. The predicted molar refractivity (Wildman–Crippen MR) is 126 cm³/mol. The number of nitro benzene ring substituents is 1. The third-order valence-corrected chi connectivity index (χ3v) is 6.02. The molecule has 3 aromatic carbocycles. The van der Waals surface area contributed by atoms with Crippen molar-refractivity contribution in [1.29, 1.82) is 0 Å². The zero-order chi connectivity index (χ0) is 24.2. The van der Waals surface area contributed by atoms with Crippen LogP contribution in [0.25, 0.3) is 11.1 Å². The number of amides is 1. The molecule has 3 aromatic rings. The number of aliphatic hydroxyl groups excluding tert-OH is 2.